The van der Waals surface area contributed by atoms with Crippen molar-refractivity contribution in [2.45, 2.75) is 35.4 Å². The van der Waals surface area contributed by atoms with E-state index >= 15 is 0 Å². The van der Waals surface area contributed by atoms with Crippen LogP contribution in [0.2, 0.25) is 0 Å². The summed E-state index contributed by atoms with van der Waals surface area (Å²) in [5.74, 6) is -0.565. The number of Topliss-reactive ketones (excluding diaryl/α,β-unsaturated/α-hetero) is 1. The van der Waals surface area contributed by atoms with Crippen molar-refractivity contribution >= 4 is 39.8 Å². The lowest BCUT2D eigenvalue weighted by atomic mass is 10.1. The monoisotopic (exact) mass is 382 g/mol. The van der Waals surface area contributed by atoms with Crippen LogP contribution >= 0.6 is 23.1 Å². The van der Waals surface area contributed by atoms with Crippen LogP contribution in [0.5, 0.6) is 0 Å². The van der Waals surface area contributed by atoms with E-state index in [2.05, 4.69) is 15.5 Å². The van der Waals surface area contributed by atoms with E-state index in [0.29, 0.717) is 10.4 Å². The Balaban J connectivity index is 1.82. The predicted octanol–water partition coefficient (Wildman–Crippen LogP) is 0.456. The first-order valence-corrected chi connectivity index (χ1v) is 9.35. The van der Waals surface area contributed by atoms with E-state index in [1.165, 1.54) is 37.2 Å². The molecule has 2 aromatic rings. The minimum atomic E-state index is -0.689. The number of ketones is 1. The lowest BCUT2D eigenvalue weighted by molar-refractivity contribution is 0.0992. The van der Waals surface area contributed by atoms with E-state index in [1.54, 1.807) is 6.92 Å². The van der Waals surface area contributed by atoms with Gasteiger partial charge in [0.25, 0.3) is 5.56 Å². The molecule has 11 heteroatoms. The van der Waals surface area contributed by atoms with Crippen molar-refractivity contribution in [1.29, 1.82) is 0 Å². The Bertz CT molecular complexity index is 943. The highest BCUT2D eigenvalue weighted by Gasteiger charge is 2.27. The molecule has 2 aromatic heterocycles. The van der Waals surface area contributed by atoms with Gasteiger partial charge in [-0.15, -0.1) is 10.2 Å². The molecule has 3 N–H and O–H groups in total. The summed E-state index contributed by atoms with van der Waals surface area (Å²) in [7, 11) is 2.74. The standard InChI is InChI=1S/C14H18N6O3S2/c1-6(24-13-18-17-12(25-13)16-7-4-5-7)9(21)8-10(15)19(2)14(23)20(3)11(8)22/h6-7H,4-5,15H2,1-3H3,(H,16,17)/t6-/m1/s1. The van der Waals surface area contributed by atoms with Crippen molar-refractivity contribution in [3.05, 3.63) is 26.4 Å². The fourth-order valence-corrected chi connectivity index (χ4v) is 4.25. The number of hydrogen-bond donors (Lipinski definition) is 2. The third-order valence-corrected chi connectivity index (χ3v) is 5.95. The van der Waals surface area contributed by atoms with Crippen LogP contribution in [0.1, 0.15) is 30.1 Å². The first kappa shape index (κ1) is 17.7. The zero-order valence-electron chi connectivity index (χ0n) is 14.0. The van der Waals surface area contributed by atoms with Crippen LogP contribution in [0.15, 0.2) is 13.9 Å². The second-order valence-corrected chi connectivity index (χ2v) is 8.45. The molecule has 0 unspecified atom stereocenters. The van der Waals surface area contributed by atoms with Gasteiger partial charge in [0.15, 0.2) is 10.1 Å². The van der Waals surface area contributed by atoms with Gasteiger partial charge in [0.1, 0.15) is 11.4 Å². The summed E-state index contributed by atoms with van der Waals surface area (Å²) in [6.45, 7) is 1.67. The number of carbonyl (C=O) groups is 1. The molecular formula is C14H18N6O3S2. The minimum absolute atomic E-state index is 0.126. The van der Waals surface area contributed by atoms with Crippen molar-refractivity contribution in [2.75, 3.05) is 11.1 Å². The summed E-state index contributed by atoms with van der Waals surface area (Å²) < 4.78 is 2.60. The van der Waals surface area contributed by atoms with Gasteiger partial charge >= 0.3 is 5.69 Å². The van der Waals surface area contributed by atoms with Crippen molar-refractivity contribution in [3.8, 4) is 0 Å². The first-order valence-electron chi connectivity index (χ1n) is 7.66. The third-order valence-electron chi connectivity index (χ3n) is 3.91. The maximum atomic E-state index is 12.7. The van der Waals surface area contributed by atoms with Gasteiger partial charge in [0, 0.05) is 20.1 Å². The van der Waals surface area contributed by atoms with Crippen LogP contribution < -0.4 is 22.3 Å². The van der Waals surface area contributed by atoms with Gasteiger partial charge in [-0.2, -0.15) is 0 Å². The zero-order chi connectivity index (χ0) is 18.3. The molecule has 0 saturated heterocycles. The number of aromatic nitrogens is 4. The minimum Gasteiger partial charge on any atom is -0.384 e. The second kappa shape index (κ2) is 6.64. The molecule has 0 amide bonds. The third kappa shape index (κ3) is 3.47. The van der Waals surface area contributed by atoms with Crippen molar-refractivity contribution in [2.24, 2.45) is 14.1 Å². The number of nitrogens with zero attached hydrogens (tertiary/aromatic N) is 4. The number of nitrogen functional groups attached to an aromatic ring is 1. The number of nitrogens with one attached hydrogen (secondary N) is 1. The Hall–Kier alpha value is -2.14. The Morgan fingerprint density at radius 1 is 1.32 bits per heavy atom. The summed E-state index contributed by atoms with van der Waals surface area (Å²) in [4.78, 5) is 36.9. The fraction of sp³-hybridized carbons (Fsp3) is 0.500. The molecule has 134 valence electrons. The SMILES string of the molecule is C[C@@H](Sc1nnc(NC2CC2)s1)C(=O)c1c(N)n(C)c(=O)n(C)c1=O. The molecule has 1 saturated carbocycles. The van der Waals surface area contributed by atoms with Crippen molar-refractivity contribution < 1.29 is 4.79 Å². The van der Waals surface area contributed by atoms with Gasteiger partial charge in [0.05, 0.1) is 5.25 Å². The maximum absolute atomic E-state index is 12.7. The van der Waals surface area contributed by atoms with Crippen molar-refractivity contribution in [1.82, 2.24) is 19.3 Å². The van der Waals surface area contributed by atoms with Crippen LogP contribution in [0.3, 0.4) is 0 Å². The number of nitrogens with two attached hydrogens (primary N) is 1. The van der Waals surface area contributed by atoms with E-state index < -0.39 is 22.3 Å². The van der Waals surface area contributed by atoms with Gasteiger partial charge < -0.3 is 11.1 Å². The van der Waals surface area contributed by atoms with E-state index in [9.17, 15) is 14.4 Å². The molecule has 0 aliphatic heterocycles. The molecule has 0 bridgehead atoms. The summed E-state index contributed by atoms with van der Waals surface area (Å²) >= 11 is 2.58. The second-order valence-electron chi connectivity index (χ2n) is 5.88. The lowest BCUT2D eigenvalue weighted by Gasteiger charge is -2.13. The van der Waals surface area contributed by atoms with Crippen LogP contribution in [0.25, 0.3) is 0 Å². The molecule has 0 aromatic carbocycles. The first-order chi connectivity index (χ1) is 11.8. The highest BCUT2D eigenvalue weighted by molar-refractivity contribution is 8.02. The van der Waals surface area contributed by atoms with Gasteiger partial charge in [0.2, 0.25) is 5.13 Å². The molecule has 1 aliphatic rings. The molecule has 2 heterocycles. The predicted molar refractivity (Wildman–Crippen MR) is 97.5 cm³/mol. The van der Waals surface area contributed by atoms with Gasteiger partial charge in [-0.3, -0.25) is 18.7 Å². The average molecular weight is 382 g/mol. The maximum Gasteiger partial charge on any atom is 0.332 e. The lowest BCUT2D eigenvalue weighted by Crippen LogP contribution is -2.42. The quantitative estimate of drug-likeness (QED) is 0.545. The zero-order valence-corrected chi connectivity index (χ0v) is 15.6. The highest BCUT2D eigenvalue weighted by atomic mass is 32.2. The van der Waals surface area contributed by atoms with Gasteiger partial charge in [-0.25, -0.2) is 4.79 Å². The molecule has 0 radical (unpaired) electrons. The van der Waals surface area contributed by atoms with Crippen LogP contribution in [-0.2, 0) is 14.1 Å². The van der Waals surface area contributed by atoms with Crippen LogP contribution in [0.4, 0.5) is 10.9 Å². The molecule has 3 rings (SSSR count). The largest absolute Gasteiger partial charge is 0.384 e. The Morgan fingerprint density at radius 2 is 2.00 bits per heavy atom. The molecule has 25 heavy (non-hydrogen) atoms. The summed E-state index contributed by atoms with van der Waals surface area (Å²) in [6.07, 6.45) is 2.26. The normalized spacial score (nSPS) is 15.2. The Kier molecular flexibility index (Phi) is 4.69. The summed E-state index contributed by atoms with van der Waals surface area (Å²) in [6, 6.07) is 0.471. The Labute approximate surface area is 151 Å². The molecule has 1 atom stereocenters. The summed E-state index contributed by atoms with van der Waals surface area (Å²) in [5, 5.41) is 11.5. The smallest absolute Gasteiger partial charge is 0.332 e. The van der Waals surface area contributed by atoms with Crippen LogP contribution in [-0.4, -0.2) is 36.4 Å². The van der Waals surface area contributed by atoms with Crippen molar-refractivity contribution in [3.63, 3.8) is 0 Å². The summed E-state index contributed by atoms with van der Waals surface area (Å²) in [5.41, 5.74) is 4.40. The Morgan fingerprint density at radius 3 is 2.64 bits per heavy atom. The molecule has 1 aliphatic carbocycles. The van der Waals surface area contributed by atoms with E-state index in [-0.39, 0.29) is 11.4 Å². The van der Waals surface area contributed by atoms with E-state index in [0.717, 1.165) is 27.1 Å². The fourth-order valence-electron chi connectivity index (χ4n) is 2.22. The van der Waals surface area contributed by atoms with E-state index in [4.69, 9.17) is 5.73 Å². The molecule has 0 spiro atoms. The number of thioether (sulfide) groups is 1. The van der Waals surface area contributed by atoms with Gasteiger partial charge in [-0.1, -0.05) is 23.1 Å². The van der Waals surface area contributed by atoms with Crippen LogP contribution in [0, 0.1) is 0 Å². The highest BCUT2D eigenvalue weighted by Crippen LogP contribution is 2.32. The van der Waals surface area contributed by atoms with E-state index in [1.807, 2.05) is 0 Å². The number of rotatable bonds is 6. The molecule has 9 nitrogen and oxygen atoms in total. The number of carbonyl (C=O) groups excluding carboxylic acids is 1. The topological polar surface area (TPSA) is 125 Å². The van der Waals surface area contributed by atoms with Gasteiger partial charge in [-0.05, 0) is 19.8 Å². The molecule has 1 fully saturated rings. The number of anilines is 2. The average Bonchev–Trinajstić information content (AvgIpc) is 3.29. The number of hydrogen-bond acceptors (Lipinski definition) is 9. The molecular weight excluding hydrogens is 364 g/mol.